The van der Waals surface area contributed by atoms with Crippen LogP contribution in [0.4, 0.5) is 0 Å². The standard InChI is InChI=1S/C10H17N.C4H10.C2H6/c1-4-7-9-10(8-5-2)11-6-3;1-3-4-2;1-2/h4,7-9,11H,1,5-6H2,2-3H3;3-4H2,1-2H3;1-2H3/b9-7-,10-8+;;. The van der Waals surface area contributed by atoms with Gasteiger partial charge in [-0.05, 0) is 19.4 Å². The number of nitrogens with one attached hydrogen (secondary N) is 1. The van der Waals surface area contributed by atoms with E-state index in [0.717, 1.165) is 13.0 Å². The summed E-state index contributed by atoms with van der Waals surface area (Å²) in [6.07, 6.45) is 11.6. The van der Waals surface area contributed by atoms with Crippen molar-refractivity contribution >= 4 is 0 Å². The summed E-state index contributed by atoms with van der Waals surface area (Å²) in [5, 5.41) is 3.24. The second-order valence-corrected chi connectivity index (χ2v) is 3.19. The van der Waals surface area contributed by atoms with E-state index >= 15 is 0 Å². The summed E-state index contributed by atoms with van der Waals surface area (Å²) in [5.74, 6) is 0. The van der Waals surface area contributed by atoms with Crippen molar-refractivity contribution in [2.24, 2.45) is 0 Å². The van der Waals surface area contributed by atoms with Gasteiger partial charge >= 0.3 is 0 Å². The monoisotopic (exact) mass is 239 g/mol. The van der Waals surface area contributed by atoms with Crippen molar-refractivity contribution in [3.05, 3.63) is 36.6 Å². The zero-order valence-electron chi connectivity index (χ0n) is 12.8. The molecule has 0 saturated carbocycles. The van der Waals surface area contributed by atoms with E-state index in [9.17, 15) is 0 Å². The van der Waals surface area contributed by atoms with Crippen LogP contribution in [0.5, 0.6) is 0 Å². The van der Waals surface area contributed by atoms with Crippen molar-refractivity contribution in [1.29, 1.82) is 0 Å². The Morgan fingerprint density at radius 3 is 1.88 bits per heavy atom. The third kappa shape index (κ3) is 25.4. The molecule has 0 bridgehead atoms. The fourth-order valence-corrected chi connectivity index (χ4v) is 0.795. The molecule has 17 heavy (non-hydrogen) atoms. The Hall–Kier alpha value is -0.980. The molecule has 0 radical (unpaired) electrons. The Morgan fingerprint density at radius 2 is 1.59 bits per heavy atom. The second kappa shape index (κ2) is 24.3. The summed E-state index contributed by atoms with van der Waals surface area (Å²) >= 11 is 0. The molecule has 0 aliphatic carbocycles. The van der Waals surface area contributed by atoms with Crippen molar-refractivity contribution in [2.75, 3.05) is 6.54 Å². The summed E-state index contributed by atoms with van der Waals surface area (Å²) in [6.45, 7) is 17.2. The van der Waals surface area contributed by atoms with E-state index in [-0.39, 0.29) is 0 Å². The molecule has 0 heterocycles. The molecule has 0 fully saturated rings. The molecule has 0 rings (SSSR count). The lowest BCUT2D eigenvalue weighted by molar-refractivity contribution is 0.870. The quantitative estimate of drug-likeness (QED) is 0.606. The van der Waals surface area contributed by atoms with Crippen LogP contribution in [0.2, 0.25) is 0 Å². The minimum atomic E-state index is 0.966. The molecule has 1 nitrogen and oxygen atoms in total. The van der Waals surface area contributed by atoms with Gasteiger partial charge in [-0.3, -0.25) is 0 Å². The van der Waals surface area contributed by atoms with Crippen LogP contribution >= 0.6 is 0 Å². The Balaban J connectivity index is -0.000000275. The number of hydrogen-bond acceptors (Lipinski definition) is 1. The molecule has 0 aromatic rings. The average Bonchev–Trinajstić information content (AvgIpc) is 2.39. The second-order valence-electron chi connectivity index (χ2n) is 3.19. The number of hydrogen-bond donors (Lipinski definition) is 1. The third-order valence-electron chi connectivity index (χ3n) is 1.72. The minimum absolute atomic E-state index is 0.966. The molecule has 0 unspecified atom stereocenters. The fourth-order valence-electron chi connectivity index (χ4n) is 0.795. The molecule has 0 spiro atoms. The molecular weight excluding hydrogens is 206 g/mol. The van der Waals surface area contributed by atoms with Gasteiger partial charge in [0, 0.05) is 12.2 Å². The van der Waals surface area contributed by atoms with E-state index in [0.29, 0.717) is 0 Å². The largest absolute Gasteiger partial charge is 0.386 e. The zero-order chi connectivity index (χ0) is 13.9. The number of allylic oxidation sites excluding steroid dienone is 4. The first-order chi connectivity index (χ1) is 8.26. The highest BCUT2D eigenvalue weighted by atomic mass is 14.9. The van der Waals surface area contributed by atoms with Crippen molar-refractivity contribution in [1.82, 2.24) is 5.32 Å². The van der Waals surface area contributed by atoms with Gasteiger partial charge in [0.2, 0.25) is 0 Å². The van der Waals surface area contributed by atoms with Crippen LogP contribution in [-0.2, 0) is 0 Å². The summed E-state index contributed by atoms with van der Waals surface area (Å²) in [7, 11) is 0. The maximum absolute atomic E-state index is 3.61. The van der Waals surface area contributed by atoms with Gasteiger partial charge < -0.3 is 5.32 Å². The van der Waals surface area contributed by atoms with Crippen molar-refractivity contribution in [3.8, 4) is 0 Å². The van der Waals surface area contributed by atoms with E-state index in [1.807, 2.05) is 26.0 Å². The van der Waals surface area contributed by atoms with Gasteiger partial charge in [-0.1, -0.05) is 72.3 Å². The highest BCUT2D eigenvalue weighted by molar-refractivity contribution is 5.19. The topological polar surface area (TPSA) is 12.0 Å². The molecule has 0 saturated heterocycles. The lowest BCUT2D eigenvalue weighted by Crippen LogP contribution is -2.09. The first-order valence-corrected chi connectivity index (χ1v) is 6.99. The minimum Gasteiger partial charge on any atom is -0.386 e. The molecule has 0 aromatic carbocycles. The van der Waals surface area contributed by atoms with Gasteiger partial charge in [0.1, 0.15) is 0 Å². The Kier molecular flexibility index (Phi) is 30.5. The molecule has 102 valence electrons. The van der Waals surface area contributed by atoms with Gasteiger partial charge in [0.05, 0.1) is 0 Å². The Morgan fingerprint density at radius 1 is 1.06 bits per heavy atom. The van der Waals surface area contributed by atoms with Crippen LogP contribution in [0, 0.1) is 0 Å². The van der Waals surface area contributed by atoms with Crippen LogP contribution in [0.15, 0.2) is 36.6 Å². The molecule has 0 amide bonds. The summed E-state index contributed by atoms with van der Waals surface area (Å²) in [6, 6.07) is 0. The predicted octanol–water partition coefficient (Wildman–Crippen LogP) is 5.46. The first kappa shape index (κ1) is 21.3. The highest BCUT2D eigenvalue weighted by Crippen LogP contribution is 1.94. The average molecular weight is 239 g/mol. The fraction of sp³-hybridized carbons (Fsp3) is 0.625. The van der Waals surface area contributed by atoms with E-state index in [1.54, 1.807) is 6.08 Å². The van der Waals surface area contributed by atoms with Crippen LogP contribution in [0.3, 0.4) is 0 Å². The lowest BCUT2D eigenvalue weighted by Gasteiger charge is -2.01. The van der Waals surface area contributed by atoms with Gasteiger partial charge in [-0.15, -0.1) is 0 Å². The normalized spacial score (nSPS) is 9.88. The van der Waals surface area contributed by atoms with E-state index < -0.39 is 0 Å². The van der Waals surface area contributed by atoms with Gasteiger partial charge in [0.25, 0.3) is 0 Å². The molecule has 1 heteroatoms. The van der Waals surface area contributed by atoms with Crippen molar-refractivity contribution in [2.45, 2.75) is 60.8 Å². The Bertz CT molecular complexity index is 176. The Labute approximate surface area is 110 Å². The highest BCUT2D eigenvalue weighted by Gasteiger charge is 1.84. The summed E-state index contributed by atoms with van der Waals surface area (Å²) in [4.78, 5) is 0. The zero-order valence-corrected chi connectivity index (χ0v) is 12.8. The summed E-state index contributed by atoms with van der Waals surface area (Å²) in [5.41, 5.74) is 1.18. The molecule has 0 aliphatic rings. The molecule has 0 aliphatic heterocycles. The molecule has 0 atom stereocenters. The van der Waals surface area contributed by atoms with Gasteiger partial charge in [-0.25, -0.2) is 0 Å². The number of likely N-dealkylation sites (N-methyl/N-ethyl adjacent to an activating group) is 1. The maximum Gasteiger partial charge on any atom is 0.0299 e. The maximum atomic E-state index is 3.61. The number of rotatable bonds is 6. The van der Waals surface area contributed by atoms with Crippen LogP contribution in [0.1, 0.15) is 60.8 Å². The molecule has 0 aromatic heterocycles. The van der Waals surface area contributed by atoms with Crippen molar-refractivity contribution in [3.63, 3.8) is 0 Å². The van der Waals surface area contributed by atoms with Gasteiger partial charge in [-0.2, -0.15) is 0 Å². The van der Waals surface area contributed by atoms with Crippen LogP contribution in [-0.4, -0.2) is 6.54 Å². The summed E-state index contributed by atoms with van der Waals surface area (Å²) < 4.78 is 0. The smallest absolute Gasteiger partial charge is 0.0299 e. The SMILES string of the molecule is C=C/C=C\C(=C/CC)NCC.CC.CCCC. The molecular formula is C16H33N. The third-order valence-corrected chi connectivity index (χ3v) is 1.72. The van der Waals surface area contributed by atoms with Crippen LogP contribution < -0.4 is 5.32 Å². The first-order valence-electron chi connectivity index (χ1n) is 6.99. The van der Waals surface area contributed by atoms with E-state index in [2.05, 4.69) is 45.7 Å². The lowest BCUT2D eigenvalue weighted by atomic mass is 10.3. The van der Waals surface area contributed by atoms with E-state index in [1.165, 1.54) is 18.5 Å². The molecule has 1 N–H and O–H groups in total. The van der Waals surface area contributed by atoms with Crippen molar-refractivity contribution < 1.29 is 0 Å². The number of unbranched alkanes of at least 4 members (excludes halogenated alkanes) is 1. The predicted molar refractivity (Wildman–Crippen MR) is 83.3 cm³/mol. The van der Waals surface area contributed by atoms with Gasteiger partial charge in [0.15, 0.2) is 0 Å². The van der Waals surface area contributed by atoms with E-state index in [4.69, 9.17) is 0 Å². The van der Waals surface area contributed by atoms with Crippen LogP contribution in [0.25, 0.3) is 0 Å².